The normalized spacial score (nSPS) is 20.8. The van der Waals surface area contributed by atoms with Crippen LogP contribution in [-0.4, -0.2) is 26.8 Å². The number of benzene rings is 2. The molecule has 2 fully saturated rings. The van der Waals surface area contributed by atoms with Gasteiger partial charge in [-0.15, -0.1) is 0 Å². The summed E-state index contributed by atoms with van der Waals surface area (Å²) in [7, 11) is -3.95. The van der Waals surface area contributed by atoms with Gasteiger partial charge in [0.1, 0.15) is 5.82 Å². The number of nitrogens with zero attached hydrogens (tertiary/aromatic N) is 1. The maximum atomic E-state index is 15.0. The Morgan fingerprint density at radius 2 is 1.91 bits per heavy atom. The molecule has 0 unspecified atom stereocenters. The van der Waals surface area contributed by atoms with E-state index in [4.69, 9.17) is 28.3 Å². The molecule has 0 spiro atoms. The molecule has 1 aliphatic carbocycles. The summed E-state index contributed by atoms with van der Waals surface area (Å²) in [6.45, 7) is 2.04. The predicted octanol–water partition coefficient (Wildman–Crippen LogP) is 4.57. The molecule has 2 aromatic carbocycles. The molecule has 11 heteroatoms. The fourth-order valence-electron chi connectivity index (χ4n) is 5.09. The van der Waals surface area contributed by atoms with Gasteiger partial charge in [-0.3, -0.25) is 9.59 Å². The SMILES string of the molecule is CC1([C@H](NC(=O)[C@@H]2CC(=O)N(c3cccc(S(N)(=O)=O)c3)C2)c2c(F)ccc(Cl)c2Cl)CCCC1. The lowest BCUT2D eigenvalue weighted by Crippen LogP contribution is -2.42. The van der Waals surface area contributed by atoms with Crippen LogP contribution in [0.3, 0.4) is 0 Å². The predicted molar refractivity (Wildman–Crippen MR) is 132 cm³/mol. The lowest BCUT2D eigenvalue weighted by atomic mass is 9.76. The first-order valence-electron chi connectivity index (χ1n) is 11.3. The van der Waals surface area contributed by atoms with Crippen LogP contribution in [0.2, 0.25) is 10.0 Å². The Morgan fingerprint density at radius 3 is 2.57 bits per heavy atom. The summed E-state index contributed by atoms with van der Waals surface area (Å²) in [5.74, 6) is -2.00. The first-order valence-corrected chi connectivity index (χ1v) is 13.6. The number of carbonyl (C=O) groups excluding carboxylic acids is 2. The highest BCUT2D eigenvalue weighted by Crippen LogP contribution is 2.50. The van der Waals surface area contributed by atoms with Crippen molar-refractivity contribution in [2.24, 2.45) is 16.5 Å². The standard InChI is InChI=1S/C24H26Cl2FN3O4S/c1-24(9-2-3-10-24)22(20-18(27)8-7-17(25)21(20)26)29-23(32)14-11-19(31)30(13-14)15-5-4-6-16(12-15)35(28,33)34/h4-8,12,14,22H,2-3,9-11,13H2,1H3,(H,29,32)(H2,28,33,34)/t14-,22-/m1/s1. The van der Waals surface area contributed by atoms with Crippen molar-refractivity contribution in [2.45, 2.75) is 50.0 Å². The average molecular weight is 542 g/mol. The van der Waals surface area contributed by atoms with Crippen molar-refractivity contribution in [2.75, 3.05) is 11.4 Å². The van der Waals surface area contributed by atoms with Gasteiger partial charge in [0.05, 0.1) is 26.9 Å². The van der Waals surface area contributed by atoms with E-state index in [9.17, 15) is 22.4 Å². The van der Waals surface area contributed by atoms with Crippen LogP contribution >= 0.6 is 23.2 Å². The summed E-state index contributed by atoms with van der Waals surface area (Å²) < 4.78 is 38.4. The van der Waals surface area contributed by atoms with E-state index in [2.05, 4.69) is 5.32 Å². The fourth-order valence-corrected chi connectivity index (χ4v) is 6.08. The van der Waals surface area contributed by atoms with Crippen LogP contribution in [0.4, 0.5) is 10.1 Å². The minimum atomic E-state index is -3.95. The van der Waals surface area contributed by atoms with Crippen LogP contribution in [0.5, 0.6) is 0 Å². The van der Waals surface area contributed by atoms with Crippen LogP contribution in [-0.2, 0) is 19.6 Å². The number of nitrogens with one attached hydrogen (secondary N) is 1. The Kier molecular flexibility index (Phi) is 7.16. The molecule has 188 valence electrons. The van der Waals surface area contributed by atoms with Crippen molar-refractivity contribution >= 4 is 50.7 Å². The topological polar surface area (TPSA) is 110 Å². The Bertz CT molecular complexity index is 1280. The number of sulfonamides is 1. The monoisotopic (exact) mass is 541 g/mol. The van der Waals surface area contributed by atoms with Crippen LogP contribution in [0, 0.1) is 17.2 Å². The smallest absolute Gasteiger partial charge is 0.238 e. The Balaban J connectivity index is 1.60. The van der Waals surface area contributed by atoms with Gasteiger partial charge in [-0.05, 0) is 48.6 Å². The zero-order valence-electron chi connectivity index (χ0n) is 19.1. The van der Waals surface area contributed by atoms with Crippen molar-refractivity contribution in [1.82, 2.24) is 5.32 Å². The zero-order chi connectivity index (χ0) is 25.5. The Hall–Kier alpha value is -2.20. The lowest BCUT2D eigenvalue weighted by Gasteiger charge is -2.36. The lowest BCUT2D eigenvalue weighted by molar-refractivity contribution is -0.127. The third-order valence-electron chi connectivity index (χ3n) is 7.05. The number of nitrogens with two attached hydrogens (primary N) is 1. The largest absolute Gasteiger partial charge is 0.348 e. The molecular formula is C24H26Cl2FN3O4S. The molecule has 35 heavy (non-hydrogen) atoms. The van der Waals surface area contributed by atoms with Crippen molar-refractivity contribution in [3.05, 3.63) is 57.8 Å². The molecule has 1 saturated carbocycles. The van der Waals surface area contributed by atoms with Gasteiger partial charge in [0.2, 0.25) is 21.8 Å². The molecule has 2 atom stereocenters. The molecule has 1 aliphatic heterocycles. The summed E-state index contributed by atoms with van der Waals surface area (Å²) >= 11 is 12.6. The van der Waals surface area contributed by atoms with Gasteiger partial charge in [-0.25, -0.2) is 17.9 Å². The third-order valence-corrected chi connectivity index (χ3v) is 8.78. The average Bonchev–Trinajstić information content (AvgIpc) is 3.42. The number of rotatable bonds is 6. The summed E-state index contributed by atoms with van der Waals surface area (Å²) in [4.78, 5) is 27.4. The second-order valence-corrected chi connectivity index (χ2v) is 11.9. The first-order chi connectivity index (χ1) is 16.4. The molecular weight excluding hydrogens is 516 g/mol. The number of anilines is 1. The van der Waals surface area contributed by atoms with E-state index in [1.807, 2.05) is 6.92 Å². The molecule has 1 saturated heterocycles. The van der Waals surface area contributed by atoms with Gasteiger partial charge in [-0.1, -0.05) is 49.0 Å². The van der Waals surface area contributed by atoms with E-state index in [0.29, 0.717) is 5.69 Å². The van der Waals surface area contributed by atoms with Crippen molar-refractivity contribution in [3.63, 3.8) is 0 Å². The summed E-state index contributed by atoms with van der Waals surface area (Å²) in [5.41, 5.74) is 0.0516. The number of amides is 2. The van der Waals surface area contributed by atoms with E-state index in [1.54, 1.807) is 6.07 Å². The second-order valence-electron chi connectivity index (χ2n) is 9.51. The summed E-state index contributed by atoms with van der Waals surface area (Å²) in [5, 5.41) is 8.44. The number of hydrogen-bond donors (Lipinski definition) is 2. The number of hydrogen-bond acceptors (Lipinski definition) is 4. The van der Waals surface area contributed by atoms with Gasteiger partial charge in [0, 0.05) is 24.2 Å². The van der Waals surface area contributed by atoms with E-state index in [0.717, 1.165) is 25.7 Å². The molecule has 0 radical (unpaired) electrons. The minimum absolute atomic E-state index is 0.0495. The van der Waals surface area contributed by atoms with Crippen LogP contribution in [0.1, 0.15) is 50.6 Å². The van der Waals surface area contributed by atoms with E-state index in [1.165, 1.54) is 35.2 Å². The molecule has 3 N–H and O–H groups in total. The van der Waals surface area contributed by atoms with Crippen molar-refractivity contribution < 1.29 is 22.4 Å². The zero-order valence-corrected chi connectivity index (χ0v) is 21.4. The number of halogens is 3. The maximum Gasteiger partial charge on any atom is 0.238 e. The number of primary sulfonamides is 1. The molecule has 1 heterocycles. The Morgan fingerprint density at radius 1 is 1.23 bits per heavy atom. The quantitative estimate of drug-likeness (QED) is 0.521. The van der Waals surface area contributed by atoms with Crippen LogP contribution in [0.25, 0.3) is 0 Å². The second kappa shape index (κ2) is 9.69. The number of carbonyl (C=O) groups is 2. The van der Waals surface area contributed by atoms with E-state index < -0.39 is 39.1 Å². The summed E-state index contributed by atoms with van der Waals surface area (Å²) in [6.07, 6.45) is 3.37. The molecule has 4 rings (SSSR count). The fraction of sp³-hybridized carbons (Fsp3) is 0.417. The molecule has 7 nitrogen and oxygen atoms in total. The molecule has 2 amide bonds. The van der Waals surface area contributed by atoms with Gasteiger partial charge in [0.25, 0.3) is 0 Å². The highest BCUT2D eigenvalue weighted by molar-refractivity contribution is 7.89. The van der Waals surface area contributed by atoms with Crippen LogP contribution in [0.15, 0.2) is 41.3 Å². The van der Waals surface area contributed by atoms with Gasteiger partial charge < -0.3 is 10.2 Å². The van der Waals surface area contributed by atoms with Gasteiger partial charge in [-0.2, -0.15) is 0 Å². The highest BCUT2D eigenvalue weighted by atomic mass is 35.5. The molecule has 2 aliphatic rings. The van der Waals surface area contributed by atoms with E-state index >= 15 is 0 Å². The molecule has 0 aromatic heterocycles. The van der Waals surface area contributed by atoms with E-state index in [-0.39, 0.29) is 39.4 Å². The maximum absolute atomic E-state index is 15.0. The first kappa shape index (κ1) is 25.9. The molecule has 2 aromatic rings. The minimum Gasteiger partial charge on any atom is -0.348 e. The third kappa shape index (κ3) is 5.18. The van der Waals surface area contributed by atoms with Gasteiger partial charge >= 0.3 is 0 Å². The van der Waals surface area contributed by atoms with Crippen molar-refractivity contribution in [3.8, 4) is 0 Å². The highest BCUT2D eigenvalue weighted by Gasteiger charge is 2.43. The van der Waals surface area contributed by atoms with Crippen molar-refractivity contribution in [1.29, 1.82) is 0 Å². The Labute approximate surface area is 213 Å². The van der Waals surface area contributed by atoms with Gasteiger partial charge in [0.15, 0.2) is 0 Å². The molecule has 0 bridgehead atoms. The summed E-state index contributed by atoms with van der Waals surface area (Å²) in [6, 6.07) is 7.59. The van der Waals surface area contributed by atoms with Crippen LogP contribution < -0.4 is 15.4 Å².